The zero-order chi connectivity index (χ0) is 19.5. The second-order valence-corrected chi connectivity index (χ2v) is 8.01. The lowest BCUT2D eigenvalue weighted by Gasteiger charge is -2.28. The quantitative estimate of drug-likeness (QED) is 0.615. The van der Waals surface area contributed by atoms with Gasteiger partial charge in [0.25, 0.3) is 0 Å². The summed E-state index contributed by atoms with van der Waals surface area (Å²) in [7, 11) is 0. The topological polar surface area (TPSA) is 69.8 Å². The van der Waals surface area contributed by atoms with E-state index in [1.165, 1.54) is 16.7 Å². The van der Waals surface area contributed by atoms with Crippen molar-refractivity contribution in [3.8, 4) is 0 Å². The molecule has 1 aliphatic carbocycles. The van der Waals surface area contributed by atoms with Gasteiger partial charge in [0.05, 0.1) is 11.0 Å². The van der Waals surface area contributed by atoms with Crippen LogP contribution in [0.1, 0.15) is 42.4 Å². The molecule has 4 rings (SSSR count). The Morgan fingerprint density at radius 3 is 2.50 bits per heavy atom. The van der Waals surface area contributed by atoms with Crippen LogP contribution in [0.25, 0.3) is 11.0 Å². The monoisotopic (exact) mass is 376 g/mol. The first-order valence-corrected chi connectivity index (χ1v) is 10.1. The highest BCUT2D eigenvalue weighted by atomic mass is 16.1. The molecular weight excluding hydrogens is 348 g/mol. The first-order valence-electron chi connectivity index (χ1n) is 10.1. The van der Waals surface area contributed by atoms with E-state index in [0.717, 1.165) is 42.7 Å². The van der Waals surface area contributed by atoms with Crippen molar-refractivity contribution >= 4 is 22.9 Å². The standard InChI is InChI=1S/C23H28N4O/c1-15-11-16(2)13-17(12-15)14-24-22(28)18-7-9-19(10-8-18)25-23-26-20-5-3-4-6-21(20)27-23/h3-6,11-13,18-19H,7-10,14H2,1-2H3,(H,24,28)(H2,25,26,27). The van der Waals surface area contributed by atoms with Gasteiger partial charge < -0.3 is 15.6 Å². The van der Waals surface area contributed by atoms with E-state index >= 15 is 0 Å². The van der Waals surface area contributed by atoms with Gasteiger partial charge in [-0.1, -0.05) is 41.5 Å². The largest absolute Gasteiger partial charge is 0.353 e. The van der Waals surface area contributed by atoms with Crippen molar-refractivity contribution in [2.45, 2.75) is 52.1 Å². The lowest BCUT2D eigenvalue weighted by Crippen LogP contribution is -2.35. The van der Waals surface area contributed by atoms with Crippen molar-refractivity contribution in [1.29, 1.82) is 0 Å². The lowest BCUT2D eigenvalue weighted by molar-refractivity contribution is -0.126. The van der Waals surface area contributed by atoms with E-state index in [2.05, 4.69) is 52.6 Å². The summed E-state index contributed by atoms with van der Waals surface area (Å²) in [6, 6.07) is 14.8. The highest BCUT2D eigenvalue weighted by Crippen LogP contribution is 2.27. The first kappa shape index (κ1) is 18.5. The van der Waals surface area contributed by atoms with Crippen LogP contribution in [0.4, 0.5) is 5.95 Å². The van der Waals surface area contributed by atoms with Crippen molar-refractivity contribution in [3.63, 3.8) is 0 Å². The normalized spacial score (nSPS) is 19.5. The number of hydrogen-bond acceptors (Lipinski definition) is 3. The zero-order valence-corrected chi connectivity index (χ0v) is 16.6. The van der Waals surface area contributed by atoms with Gasteiger partial charge >= 0.3 is 0 Å². The molecule has 0 atom stereocenters. The molecule has 146 valence electrons. The third kappa shape index (κ3) is 4.35. The van der Waals surface area contributed by atoms with E-state index in [-0.39, 0.29) is 11.8 Å². The number of H-pyrrole nitrogens is 1. The predicted molar refractivity (Wildman–Crippen MR) is 113 cm³/mol. The Kier molecular flexibility index (Phi) is 5.33. The number of nitrogens with zero attached hydrogens (tertiary/aromatic N) is 1. The summed E-state index contributed by atoms with van der Waals surface area (Å²) in [5.74, 6) is 1.12. The number of anilines is 1. The van der Waals surface area contributed by atoms with Crippen LogP contribution in [0.3, 0.4) is 0 Å². The number of fused-ring (bicyclic) bond motifs is 1. The van der Waals surface area contributed by atoms with Crippen molar-refractivity contribution in [3.05, 3.63) is 59.2 Å². The van der Waals surface area contributed by atoms with Gasteiger partial charge in [0.2, 0.25) is 11.9 Å². The lowest BCUT2D eigenvalue weighted by atomic mass is 9.85. The molecule has 5 nitrogen and oxygen atoms in total. The Morgan fingerprint density at radius 1 is 1.07 bits per heavy atom. The van der Waals surface area contributed by atoms with E-state index < -0.39 is 0 Å². The molecule has 1 saturated carbocycles. The number of para-hydroxylation sites is 2. The first-order chi connectivity index (χ1) is 13.6. The maximum Gasteiger partial charge on any atom is 0.223 e. The molecule has 0 unspecified atom stereocenters. The molecule has 5 heteroatoms. The molecule has 0 bridgehead atoms. The zero-order valence-electron chi connectivity index (χ0n) is 16.6. The molecule has 2 aromatic carbocycles. The van der Waals surface area contributed by atoms with E-state index in [1.54, 1.807) is 0 Å². The maximum atomic E-state index is 12.6. The molecule has 3 aromatic rings. The third-order valence-corrected chi connectivity index (χ3v) is 5.58. The highest BCUT2D eigenvalue weighted by molar-refractivity contribution is 5.79. The van der Waals surface area contributed by atoms with Crippen LogP contribution < -0.4 is 10.6 Å². The average Bonchev–Trinajstić information content (AvgIpc) is 3.08. The molecule has 1 aliphatic rings. The van der Waals surface area contributed by atoms with Gasteiger partial charge in [0.1, 0.15) is 0 Å². The molecule has 1 heterocycles. The number of carbonyl (C=O) groups is 1. The predicted octanol–water partition coefficient (Wildman–Crippen LogP) is 4.47. The summed E-state index contributed by atoms with van der Waals surface area (Å²) in [4.78, 5) is 20.5. The Morgan fingerprint density at radius 2 is 1.79 bits per heavy atom. The summed E-state index contributed by atoms with van der Waals surface area (Å²) >= 11 is 0. The van der Waals surface area contributed by atoms with Gasteiger partial charge in [0, 0.05) is 18.5 Å². The third-order valence-electron chi connectivity index (χ3n) is 5.58. The smallest absolute Gasteiger partial charge is 0.223 e. The van der Waals surface area contributed by atoms with Gasteiger partial charge in [-0.25, -0.2) is 4.98 Å². The molecule has 1 aromatic heterocycles. The Balaban J connectivity index is 1.26. The van der Waals surface area contributed by atoms with Crippen LogP contribution >= 0.6 is 0 Å². The average molecular weight is 377 g/mol. The van der Waals surface area contributed by atoms with Crippen LogP contribution in [0.2, 0.25) is 0 Å². The summed E-state index contributed by atoms with van der Waals surface area (Å²) < 4.78 is 0. The van der Waals surface area contributed by atoms with Gasteiger partial charge in [-0.15, -0.1) is 0 Å². The molecular formula is C23H28N4O. The number of aromatic amines is 1. The number of nitrogens with one attached hydrogen (secondary N) is 3. The number of hydrogen-bond donors (Lipinski definition) is 3. The number of benzene rings is 2. The highest BCUT2D eigenvalue weighted by Gasteiger charge is 2.26. The molecule has 1 fully saturated rings. The molecule has 0 spiro atoms. The van der Waals surface area contributed by atoms with E-state index in [9.17, 15) is 4.79 Å². The number of carbonyl (C=O) groups excluding carboxylic acids is 1. The molecule has 28 heavy (non-hydrogen) atoms. The summed E-state index contributed by atoms with van der Waals surface area (Å²) in [6.07, 6.45) is 3.80. The minimum Gasteiger partial charge on any atom is -0.353 e. The van der Waals surface area contributed by atoms with Crippen LogP contribution in [0.5, 0.6) is 0 Å². The van der Waals surface area contributed by atoms with Crippen LogP contribution in [0, 0.1) is 19.8 Å². The van der Waals surface area contributed by atoms with E-state index in [0.29, 0.717) is 12.6 Å². The number of amides is 1. The molecule has 0 aliphatic heterocycles. The molecule has 0 radical (unpaired) electrons. The van der Waals surface area contributed by atoms with Crippen LogP contribution in [-0.4, -0.2) is 21.9 Å². The second-order valence-electron chi connectivity index (χ2n) is 8.01. The van der Waals surface area contributed by atoms with Crippen molar-refractivity contribution in [1.82, 2.24) is 15.3 Å². The number of rotatable bonds is 5. The molecule has 3 N–H and O–H groups in total. The fraction of sp³-hybridized carbons (Fsp3) is 0.391. The SMILES string of the molecule is Cc1cc(C)cc(CNC(=O)C2CCC(Nc3nc4ccccc4[nH]3)CC2)c1. The maximum absolute atomic E-state index is 12.6. The minimum absolute atomic E-state index is 0.111. The van der Waals surface area contributed by atoms with Gasteiger partial charge in [0.15, 0.2) is 0 Å². The van der Waals surface area contributed by atoms with E-state index in [4.69, 9.17) is 0 Å². The van der Waals surface area contributed by atoms with Crippen LogP contribution in [-0.2, 0) is 11.3 Å². The molecule has 1 amide bonds. The number of imidazole rings is 1. The van der Waals surface area contributed by atoms with Crippen molar-refractivity contribution in [2.24, 2.45) is 5.92 Å². The van der Waals surface area contributed by atoms with Crippen LogP contribution in [0.15, 0.2) is 42.5 Å². The summed E-state index contributed by atoms with van der Waals surface area (Å²) in [6.45, 7) is 4.79. The number of aromatic nitrogens is 2. The van der Waals surface area contributed by atoms with Gasteiger partial charge in [-0.2, -0.15) is 0 Å². The Hall–Kier alpha value is -2.82. The van der Waals surface area contributed by atoms with Crippen molar-refractivity contribution in [2.75, 3.05) is 5.32 Å². The summed E-state index contributed by atoms with van der Waals surface area (Å²) in [5.41, 5.74) is 5.67. The summed E-state index contributed by atoms with van der Waals surface area (Å²) in [5, 5.41) is 6.63. The molecule has 0 saturated heterocycles. The Labute approximate surface area is 166 Å². The Bertz CT molecular complexity index is 916. The second kappa shape index (κ2) is 8.05. The van der Waals surface area contributed by atoms with Crippen molar-refractivity contribution < 1.29 is 4.79 Å². The van der Waals surface area contributed by atoms with E-state index in [1.807, 2.05) is 24.3 Å². The number of aryl methyl sites for hydroxylation is 2. The minimum atomic E-state index is 0.111. The fourth-order valence-corrected chi connectivity index (χ4v) is 4.22. The van der Waals surface area contributed by atoms with Gasteiger partial charge in [-0.05, 0) is 57.2 Å². The fourth-order valence-electron chi connectivity index (χ4n) is 4.22. The van der Waals surface area contributed by atoms with Gasteiger partial charge in [-0.3, -0.25) is 4.79 Å².